The van der Waals surface area contributed by atoms with E-state index in [1.54, 1.807) is 0 Å². The second-order valence-electron chi connectivity index (χ2n) is 13.3. The molecule has 3 heteroatoms. The van der Waals surface area contributed by atoms with Gasteiger partial charge in [-0.25, -0.2) is 0 Å². The van der Waals surface area contributed by atoms with Crippen LogP contribution in [0.3, 0.4) is 0 Å². The number of hydrogen-bond acceptors (Lipinski definition) is 3. The standard InChI is InChI=1S/C48H29NOS/c1-3-10-37-31(8-1)16-17-33-20-25-36(29-42(33)37)49(43-13-7-14-44-47(43)41-27-21-32-9-2-4-11-38(32)48(41)50-44)35-23-18-30(19-24-35)34-22-26-40-39-12-5-6-15-45(39)51-46(40)28-34/h1-29H. The SMILES string of the molecule is c1ccc2c(c1)ccc1ccc(N(c3ccc(-c4ccc5c(c4)sc4ccccc45)cc3)c3cccc4oc5c6ccccc6ccc5c34)cc12. The van der Waals surface area contributed by atoms with Crippen molar-refractivity contribution < 1.29 is 4.42 Å². The van der Waals surface area contributed by atoms with E-state index >= 15 is 0 Å². The number of benzene rings is 9. The van der Waals surface area contributed by atoms with Gasteiger partial charge in [0.15, 0.2) is 0 Å². The van der Waals surface area contributed by atoms with Gasteiger partial charge in [0.2, 0.25) is 0 Å². The first kappa shape index (κ1) is 28.4. The summed E-state index contributed by atoms with van der Waals surface area (Å²) in [7, 11) is 0. The van der Waals surface area contributed by atoms with Crippen LogP contribution in [0.4, 0.5) is 17.1 Å². The van der Waals surface area contributed by atoms with E-state index in [2.05, 4.69) is 181 Å². The first-order chi connectivity index (χ1) is 25.3. The molecule has 9 aromatic carbocycles. The van der Waals surface area contributed by atoms with Gasteiger partial charge in [0.05, 0.1) is 11.1 Å². The summed E-state index contributed by atoms with van der Waals surface area (Å²) in [6, 6.07) is 63.8. The molecule has 0 fully saturated rings. The lowest BCUT2D eigenvalue weighted by Crippen LogP contribution is -2.10. The van der Waals surface area contributed by atoms with Crippen molar-refractivity contribution in [1.29, 1.82) is 0 Å². The molecular weight excluding hydrogens is 639 g/mol. The van der Waals surface area contributed by atoms with Gasteiger partial charge in [-0.3, -0.25) is 0 Å². The molecule has 0 spiro atoms. The van der Waals surface area contributed by atoms with Gasteiger partial charge in [-0.05, 0) is 92.7 Å². The maximum absolute atomic E-state index is 6.66. The second-order valence-corrected chi connectivity index (χ2v) is 14.4. The van der Waals surface area contributed by atoms with Crippen LogP contribution < -0.4 is 4.90 Å². The van der Waals surface area contributed by atoms with Crippen molar-refractivity contribution in [1.82, 2.24) is 0 Å². The van der Waals surface area contributed by atoms with Crippen LogP contribution in [-0.4, -0.2) is 0 Å². The summed E-state index contributed by atoms with van der Waals surface area (Å²) < 4.78 is 9.30. The molecule has 11 rings (SSSR count). The topological polar surface area (TPSA) is 16.4 Å². The molecule has 0 N–H and O–H groups in total. The smallest absolute Gasteiger partial charge is 0.143 e. The van der Waals surface area contributed by atoms with Gasteiger partial charge in [0, 0.05) is 42.3 Å². The molecule has 0 saturated carbocycles. The minimum Gasteiger partial charge on any atom is -0.455 e. The number of hydrogen-bond donors (Lipinski definition) is 0. The summed E-state index contributed by atoms with van der Waals surface area (Å²) in [4.78, 5) is 2.40. The van der Waals surface area contributed by atoms with Crippen molar-refractivity contribution in [3.05, 3.63) is 176 Å². The van der Waals surface area contributed by atoms with E-state index in [4.69, 9.17) is 4.42 Å². The molecule has 0 saturated heterocycles. The molecule has 0 aliphatic heterocycles. The van der Waals surface area contributed by atoms with Crippen LogP contribution in [0.1, 0.15) is 0 Å². The molecular formula is C48H29NOS. The zero-order valence-corrected chi connectivity index (χ0v) is 28.3. The number of fused-ring (bicyclic) bond motifs is 11. The lowest BCUT2D eigenvalue weighted by molar-refractivity contribution is 0.672. The van der Waals surface area contributed by atoms with Gasteiger partial charge < -0.3 is 9.32 Å². The Labute approximate surface area is 298 Å². The molecule has 2 nitrogen and oxygen atoms in total. The Morgan fingerprint density at radius 1 is 0.392 bits per heavy atom. The molecule has 0 amide bonds. The van der Waals surface area contributed by atoms with E-state index in [1.165, 1.54) is 58.2 Å². The van der Waals surface area contributed by atoms with Crippen LogP contribution >= 0.6 is 11.3 Å². The van der Waals surface area contributed by atoms with Crippen LogP contribution in [0.5, 0.6) is 0 Å². The third-order valence-electron chi connectivity index (χ3n) is 10.4. The zero-order chi connectivity index (χ0) is 33.5. The van der Waals surface area contributed by atoms with Crippen molar-refractivity contribution in [3.8, 4) is 11.1 Å². The van der Waals surface area contributed by atoms with Crippen molar-refractivity contribution in [2.75, 3.05) is 4.90 Å². The minimum atomic E-state index is 0.878. The fourth-order valence-corrected chi connectivity index (χ4v) is 9.13. The number of nitrogens with zero attached hydrogens (tertiary/aromatic N) is 1. The highest BCUT2D eigenvalue weighted by molar-refractivity contribution is 7.25. The van der Waals surface area contributed by atoms with Gasteiger partial charge >= 0.3 is 0 Å². The Balaban J connectivity index is 1.12. The van der Waals surface area contributed by atoms with Gasteiger partial charge in [0.25, 0.3) is 0 Å². The summed E-state index contributed by atoms with van der Waals surface area (Å²) in [5.41, 5.74) is 7.49. The van der Waals surface area contributed by atoms with Crippen LogP contribution in [0.25, 0.3) is 85.6 Å². The Kier molecular flexibility index (Phi) is 6.16. The summed E-state index contributed by atoms with van der Waals surface area (Å²) in [6.45, 7) is 0. The molecule has 238 valence electrons. The average Bonchev–Trinajstić information content (AvgIpc) is 3.77. The van der Waals surface area contributed by atoms with Gasteiger partial charge in [-0.2, -0.15) is 0 Å². The summed E-state index contributed by atoms with van der Waals surface area (Å²) >= 11 is 1.86. The zero-order valence-electron chi connectivity index (χ0n) is 27.5. The first-order valence-corrected chi connectivity index (χ1v) is 18.1. The summed E-state index contributed by atoms with van der Waals surface area (Å²) in [5.74, 6) is 0. The van der Waals surface area contributed by atoms with E-state index in [1.807, 2.05) is 11.3 Å². The lowest BCUT2D eigenvalue weighted by Gasteiger charge is -2.27. The Morgan fingerprint density at radius 2 is 1.02 bits per heavy atom. The van der Waals surface area contributed by atoms with Gasteiger partial charge in [0.1, 0.15) is 11.2 Å². The first-order valence-electron chi connectivity index (χ1n) is 17.3. The molecule has 2 heterocycles. The molecule has 0 atom stereocenters. The molecule has 0 aliphatic carbocycles. The number of furan rings is 1. The summed E-state index contributed by atoms with van der Waals surface area (Å²) in [6.07, 6.45) is 0. The number of anilines is 3. The fourth-order valence-electron chi connectivity index (χ4n) is 7.99. The fraction of sp³-hybridized carbons (Fsp3) is 0. The highest BCUT2D eigenvalue weighted by Gasteiger charge is 2.21. The second kappa shape index (κ2) is 11.0. The van der Waals surface area contributed by atoms with Crippen LogP contribution in [0.15, 0.2) is 180 Å². The largest absolute Gasteiger partial charge is 0.455 e. The van der Waals surface area contributed by atoms with Gasteiger partial charge in [-0.15, -0.1) is 11.3 Å². The molecule has 0 bridgehead atoms. The molecule has 0 radical (unpaired) electrons. The molecule has 11 aromatic rings. The quantitative estimate of drug-likeness (QED) is 0.174. The van der Waals surface area contributed by atoms with E-state index in [-0.39, 0.29) is 0 Å². The van der Waals surface area contributed by atoms with Crippen LogP contribution in [0.2, 0.25) is 0 Å². The number of rotatable bonds is 4. The predicted octanol–water partition coefficient (Wildman–Crippen LogP) is 14.6. The third kappa shape index (κ3) is 4.42. The molecule has 51 heavy (non-hydrogen) atoms. The third-order valence-corrected chi connectivity index (χ3v) is 11.6. The van der Waals surface area contributed by atoms with Crippen molar-refractivity contribution in [2.24, 2.45) is 0 Å². The average molecular weight is 668 g/mol. The highest BCUT2D eigenvalue weighted by atomic mass is 32.1. The maximum Gasteiger partial charge on any atom is 0.143 e. The van der Waals surface area contributed by atoms with Gasteiger partial charge in [-0.1, -0.05) is 121 Å². The number of thiophene rings is 1. The van der Waals surface area contributed by atoms with E-state index in [0.717, 1.165) is 44.4 Å². The van der Waals surface area contributed by atoms with E-state index < -0.39 is 0 Å². The van der Waals surface area contributed by atoms with Crippen molar-refractivity contribution in [3.63, 3.8) is 0 Å². The highest BCUT2D eigenvalue weighted by Crippen LogP contribution is 2.45. The Morgan fingerprint density at radius 3 is 1.88 bits per heavy atom. The Hall–Kier alpha value is -6.42. The molecule has 0 aliphatic rings. The molecule has 2 aromatic heterocycles. The predicted molar refractivity (Wildman–Crippen MR) is 219 cm³/mol. The Bertz CT molecular complexity index is 3150. The van der Waals surface area contributed by atoms with Crippen molar-refractivity contribution in [2.45, 2.75) is 0 Å². The van der Waals surface area contributed by atoms with Crippen molar-refractivity contribution >= 4 is 103 Å². The van der Waals surface area contributed by atoms with Crippen LogP contribution in [-0.2, 0) is 0 Å². The summed E-state index contributed by atoms with van der Waals surface area (Å²) in [5, 5.41) is 12.1. The maximum atomic E-state index is 6.66. The van der Waals surface area contributed by atoms with E-state index in [0.29, 0.717) is 0 Å². The normalized spacial score (nSPS) is 11.9. The van der Waals surface area contributed by atoms with E-state index in [9.17, 15) is 0 Å². The minimum absolute atomic E-state index is 0.878. The monoisotopic (exact) mass is 667 g/mol. The molecule has 0 unspecified atom stereocenters. The lowest BCUT2D eigenvalue weighted by atomic mass is 10.00. The van der Waals surface area contributed by atoms with Crippen LogP contribution in [0, 0.1) is 0 Å².